The molecule has 0 N–H and O–H groups in total. The van der Waals surface area contributed by atoms with Crippen LogP contribution in [0.2, 0.25) is 0 Å². The van der Waals surface area contributed by atoms with E-state index in [1.54, 1.807) is 6.07 Å². The first-order valence-corrected chi connectivity index (χ1v) is 11.4. The molecule has 10 heteroatoms. The Balaban J connectivity index is 2.11. The van der Waals surface area contributed by atoms with Crippen molar-refractivity contribution in [2.24, 2.45) is 0 Å². The highest BCUT2D eigenvalue weighted by atomic mass is 32.2. The summed E-state index contributed by atoms with van der Waals surface area (Å²) < 4.78 is 53.8. The van der Waals surface area contributed by atoms with Gasteiger partial charge in [-0.15, -0.1) is 0 Å². The lowest BCUT2D eigenvalue weighted by Crippen LogP contribution is -2.44. The molecular weight excluding hydrogens is 354 g/mol. The fourth-order valence-electron chi connectivity index (χ4n) is 3.10. The number of nitrogens with zero attached hydrogens (tertiary/aromatic N) is 3. The SMILES string of the molecule is C[C@@H]1COCCN1c1cc(C2CCCS2(=O)=O)nc(S(C)(=O)=O)n1. The lowest BCUT2D eigenvalue weighted by Gasteiger charge is -2.34. The highest BCUT2D eigenvalue weighted by Gasteiger charge is 2.35. The van der Waals surface area contributed by atoms with Crippen LogP contribution >= 0.6 is 0 Å². The quantitative estimate of drug-likeness (QED) is 0.697. The molecule has 2 aliphatic heterocycles. The predicted molar refractivity (Wildman–Crippen MR) is 88.5 cm³/mol. The lowest BCUT2D eigenvalue weighted by molar-refractivity contribution is 0.0984. The van der Waals surface area contributed by atoms with Gasteiger partial charge < -0.3 is 9.64 Å². The normalized spacial score (nSPS) is 27.3. The van der Waals surface area contributed by atoms with Crippen molar-refractivity contribution in [3.8, 4) is 0 Å². The molecule has 2 fully saturated rings. The zero-order valence-electron chi connectivity index (χ0n) is 13.7. The molecule has 2 aliphatic rings. The molecule has 3 rings (SSSR count). The molecule has 8 nitrogen and oxygen atoms in total. The van der Waals surface area contributed by atoms with Crippen molar-refractivity contribution in [1.82, 2.24) is 9.97 Å². The predicted octanol–water partition coefficient (Wildman–Crippen LogP) is 0.355. The molecule has 0 saturated carbocycles. The molecule has 0 bridgehead atoms. The molecular formula is C14H21N3O5S2. The summed E-state index contributed by atoms with van der Waals surface area (Å²) in [5.74, 6) is 0.553. The maximum absolute atomic E-state index is 12.2. The number of sulfone groups is 2. The highest BCUT2D eigenvalue weighted by Crippen LogP contribution is 2.35. The third-order valence-electron chi connectivity index (χ3n) is 4.36. The van der Waals surface area contributed by atoms with Crippen molar-refractivity contribution in [3.63, 3.8) is 0 Å². The minimum absolute atomic E-state index is 0.0223. The molecule has 2 saturated heterocycles. The summed E-state index contributed by atoms with van der Waals surface area (Å²) in [4.78, 5) is 10.2. The Morgan fingerprint density at radius 2 is 2.08 bits per heavy atom. The van der Waals surface area contributed by atoms with Gasteiger partial charge in [-0.05, 0) is 19.8 Å². The third kappa shape index (κ3) is 3.40. The maximum atomic E-state index is 12.2. The van der Waals surface area contributed by atoms with Gasteiger partial charge in [0.2, 0.25) is 15.0 Å². The number of anilines is 1. The second kappa shape index (κ2) is 6.23. The maximum Gasteiger partial charge on any atom is 0.249 e. The van der Waals surface area contributed by atoms with Gasteiger partial charge in [0.05, 0.1) is 30.7 Å². The lowest BCUT2D eigenvalue weighted by atomic mass is 10.2. The van der Waals surface area contributed by atoms with Crippen molar-refractivity contribution in [3.05, 3.63) is 11.8 Å². The standard InChI is InChI=1S/C14H21N3O5S2/c1-10-9-22-6-5-17(10)13-8-11(12-4-3-7-24(12,20)21)15-14(16-13)23(2,18)19/h8,10,12H,3-7,9H2,1-2H3/t10-,12?/m1/s1. The molecule has 0 radical (unpaired) electrons. The average molecular weight is 375 g/mol. The van der Waals surface area contributed by atoms with Gasteiger partial charge in [-0.2, -0.15) is 0 Å². The molecule has 0 aromatic carbocycles. The number of hydrogen-bond donors (Lipinski definition) is 0. The summed E-state index contributed by atoms with van der Waals surface area (Å²) in [6.07, 6.45) is 2.05. The highest BCUT2D eigenvalue weighted by molar-refractivity contribution is 7.92. The minimum Gasteiger partial charge on any atom is -0.377 e. The van der Waals surface area contributed by atoms with Crippen molar-refractivity contribution in [2.45, 2.75) is 36.2 Å². The number of ether oxygens (including phenoxy) is 1. The second-order valence-corrected chi connectivity index (χ2v) is 10.5. The van der Waals surface area contributed by atoms with E-state index < -0.39 is 24.9 Å². The topological polar surface area (TPSA) is 107 Å². The number of aromatic nitrogens is 2. The molecule has 1 aromatic heterocycles. The molecule has 2 atom stereocenters. The summed E-state index contributed by atoms with van der Waals surface area (Å²) in [6.45, 7) is 3.54. The smallest absolute Gasteiger partial charge is 0.249 e. The van der Waals surface area contributed by atoms with Crippen molar-refractivity contribution in [2.75, 3.05) is 36.7 Å². The van der Waals surface area contributed by atoms with Crippen molar-refractivity contribution in [1.29, 1.82) is 0 Å². The van der Waals surface area contributed by atoms with E-state index in [1.807, 2.05) is 11.8 Å². The van der Waals surface area contributed by atoms with Crippen molar-refractivity contribution >= 4 is 25.5 Å². The molecule has 1 aromatic rings. The van der Waals surface area contributed by atoms with Crippen LogP contribution in [0, 0.1) is 0 Å². The van der Waals surface area contributed by atoms with Gasteiger partial charge >= 0.3 is 0 Å². The van der Waals surface area contributed by atoms with E-state index in [1.165, 1.54) is 0 Å². The second-order valence-electron chi connectivity index (χ2n) is 6.32. The summed E-state index contributed by atoms with van der Waals surface area (Å²) >= 11 is 0. The van der Waals surface area contributed by atoms with E-state index in [-0.39, 0.29) is 22.6 Å². The van der Waals surface area contributed by atoms with Gasteiger partial charge in [-0.3, -0.25) is 0 Å². The number of morpholine rings is 1. The van der Waals surface area contributed by atoms with E-state index in [0.29, 0.717) is 38.4 Å². The summed E-state index contributed by atoms with van der Waals surface area (Å²) in [5.41, 5.74) is 0.275. The Kier molecular flexibility index (Phi) is 4.56. The van der Waals surface area contributed by atoms with Crippen LogP contribution in [0.5, 0.6) is 0 Å². The zero-order chi connectivity index (χ0) is 17.5. The average Bonchev–Trinajstić information content (AvgIpc) is 2.86. The Morgan fingerprint density at radius 3 is 2.67 bits per heavy atom. The number of hydrogen-bond acceptors (Lipinski definition) is 8. The summed E-state index contributed by atoms with van der Waals surface area (Å²) in [6, 6.07) is 1.64. The fourth-order valence-corrected chi connectivity index (χ4v) is 5.50. The van der Waals surface area contributed by atoms with E-state index in [4.69, 9.17) is 4.74 Å². The Bertz CT molecular complexity index is 838. The van der Waals surface area contributed by atoms with Gasteiger partial charge in [0.25, 0.3) is 0 Å². The molecule has 3 heterocycles. The van der Waals surface area contributed by atoms with Gasteiger partial charge in [0, 0.05) is 18.9 Å². The van der Waals surface area contributed by atoms with Crippen molar-refractivity contribution < 1.29 is 21.6 Å². The molecule has 134 valence electrons. The van der Waals surface area contributed by atoms with Gasteiger partial charge in [0.1, 0.15) is 11.1 Å². The van der Waals surface area contributed by atoms with Gasteiger partial charge in [-0.1, -0.05) is 0 Å². The molecule has 0 spiro atoms. The van der Waals surface area contributed by atoms with Crippen LogP contribution < -0.4 is 4.90 Å². The van der Waals surface area contributed by atoms with E-state index >= 15 is 0 Å². The van der Waals surface area contributed by atoms with Gasteiger partial charge in [-0.25, -0.2) is 26.8 Å². The van der Waals surface area contributed by atoms with E-state index in [9.17, 15) is 16.8 Å². The minimum atomic E-state index is -3.65. The van der Waals surface area contributed by atoms with Crippen LogP contribution in [0.1, 0.15) is 30.7 Å². The Morgan fingerprint density at radius 1 is 1.33 bits per heavy atom. The van der Waals surface area contributed by atoms with Gasteiger partial charge in [0.15, 0.2) is 9.84 Å². The Hall–Kier alpha value is -1.26. The third-order valence-corrected chi connectivity index (χ3v) is 7.41. The van der Waals surface area contributed by atoms with E-state index in [0.717, 1.165) is 6.26 Å². The summed E-state index contributed by atoms with van der Waals surface area (Å²) in [7, 11) is -6.94. The first-order valence-electron chi connectivity index (χ1n) is 7.83. The van der Waals surface area contributed by atoms with Crippen LogP contribution in [-0.4, -0.2) is 64.6 Å². The van der Waals surface area contributed by atoms with Crippen LogP contribution in [-0.2, 0) is 24.4 Å². The van der Waals surface area contributed by atoms with Crippen LogP contribution in [0.15, 0.2) is 11.2 Å². The van der Waals surface area contributed by atoms with E-state index in [2.05, 4.69) is 9.97 Å². The molecule has 0 aliphatic carbocycles. The monoisotopic (exact) mass is 375 g/mol. The van der Waals surface area contributed by atoms with Crippen LogP contribution in [0.4, 0.5) is 5.82 Å². The van der Waals surface area contributed by atoms with Crippen LogP contribution in [0.25, 0.3) is 0 Å². The fraction of sp³-hybridized carbons (Fsp3) is 0.714. The zero-order valence-corrected chi connectivity index (χ0v) is 15.3. The largest absolute Gasteiger partial charge is 0.377 e. The first kappa shape index (κ1) is 17.6. The van der Waals surface area contributed by atoms with Crippen LogP contribution in [0.3, 0.4) is 0 Å². The molecule has 0 amide bonds. The summed E-state index contributed by atoms with van der Waals surface area (Å²) in [5, 5.41) is -1.08. The first-order chi connectivity index (χ1) is 11.2. The Labute approximate surface area is 142 Å². The molecule has 24 heavy (non-hydrogen) atoms. The number of rotatable bonds is 3. The molecule has 1 unspecified atom stereocenters.